The maximum absolute atomic E-state index is 12.4. The Morgan fingerprint density at radius 1 is 0.952 bits per heavy atom. The molecule has 0 radical (unpaired) electrons. The summed E-state index contributed by atoms with van der Waals surface area (Å²) in [6.07, 6.45) is 0. The average molecular weight is 327 g/mol. The minimum Gasteiger partial charge on any atom is -0.258 e. The van der Waals surface area contributed by atoms with Gasteiger partial charge in [0.15, 0.2) is 0 Å². The van der Waals surface area contributed by atoms with Crippen LogP contribution in [-0.2, 0) is 10.8 Å². The highest BCUT2D eigenvalue weighted by atomic mass is 35.5. The summed E-state index contributed by atoms with van der Waals surface area (Å²) in [5.41, 5.74) is -0.513. The van der Waals surface area contributed by atoms with E-state index in [1.54, 1.807) is 0 Å². The molecule has 2 aromatic carbocycles. The van der Waals surface area contributed by atoms with Crippen molar-refractivity contribution in [2.75, 3.05) is 0 Å². The van der Waals surface area contributed by atoms with Crippen molar-refractivity contribution >= 4 is 33.8 Å². The van der Waals surface area contributed by atoms with Gasteiger partial charge in [0.1, 0.15) is 4.90 Å². The molecule has 0 aliphatic rings. The lowest BCUT2D eigenvalue weighted by Gasteiger charge is -2.04. The molecule has 0 aliphatic heterocycles. The van der Waals surface area contributed by atoms with Crippen molar-refractivity contribution in [2.24, 2.45) is 0 Å². The lowest BCUT2D eigenvalue weighted by atomic mass is 10.3. The topological polar surface area (TPSA) is 103 Å². The van der Waals surface area contributed by atoms with Gasteiger partial charge in [0.25, 0.3) is 11.4 Å². The standard InChI is InChI=1S/C12H7ClN2O5S/c13-8-1-6-12(11(7-8)15(18)19)21(20)10-4-2-9(3-5-10)14(16)17/h1-7H. The van der Waals surface area contributed by atoms with Crippen LogP contribution in [0.1, 0.15) is 0 Å². The minimum atomic E-state index is -1.83. The van der Waals surface area contributed by atoms with Gasteiger partial charge >= 0.3 is 0 Å². The van der Waals surface area contributed by atoms with Gasteiger partial charge in [0, 0.05) is 28.1 Å². The molecular weight excluding hydrogens is 320 g/mol. The van der Waals surface area contributed by atoms with E-state index in [0.29, 0.717) is 0 Å². The Morgan fingerprint density at radius 3 is 2.10 bits per heavy atom. The lowest BCUT2D eigenvalue weighted by Crippen LogP contribution is -1.99. The van der Waals surface area contributed by atoms with E-state index in [-0.39, 0.29) is 26.2 Å². The third-order valence-corrected chi connectivity index (χ3v) is 4.26. The van der Waals surface area contributed by atoms with Crippen LogP contribution in [0.5, 0.6) is 0 Å². The zero-order valence-corrected chi connectivity index (χ0v) is 11.8. The number of nitro benzene ring substituents is 2. The van der Waals surface area contributed by atoms with Gasteiger partial charge < -0.3 is 0 Å². The Morgan fingerprint density at radius 2 is 1.57 bits per heavy atom. The van der Waals surface area contributed by atoms with E-state index >= 15 is 0 Å². The number of hydrogen-bond donors (Lipinski definition) is 0. The second-order valence-electron chi connectivity index (χ2n) is 3.89. The fourth-order valence-electron chi connectivity index (χ4n) is 1.61. The van der Waals surface area contributed by atoms with Gasteiger partial charge in [0.05, 0.1) is 20.6 Å². The average Bonchev–Trinajstić information content (AvgIpc) is 2.46. The Bertz CT molecular complexity index is 748. The maximum Gasteiger partial charge on any atom is 0.287 e. The normalized spacial score (nSPS) is 11.9. The first kappa shape index (κ1) is 15.1. The molecule has 7 nitrogen and oxygen atoms in total. The summed E-state index contributed by atoms with van der Waals surface area (Å²) in [6, 6.07) is 8.79. The first-order valence-electron chi connectivity index (χ1n) is 5.50. The molecule has 0 spiro atoms. The van der Waals surface area contributed by atoms with Crippen LogP contribution in [0.4, 0.5) is 11.4 Å². The Kier molecular flexibility index (Phi) is 4.29. The molecule has 21 heavy (non-hydrogen) atoms. The first-order valence-corrected chi connectivity index (χ1v) is 7.03. The van der Waals surface area contributed by atoms with Gasteiger partial charge in [0.2, 0.25) is 0 Å². The van der Waals surface area contributed by atoms with Crippen LogP contribution in [-0.4, -0.2) is 14.1 Å². The number of benzene rings is 2. The monoisotopic (exact) mass is 326 g/mol. The fourth-order valence-corrected chi connectivity index (χ4v) is 2.93. The fraction of sp³-hybridized carbons (Fsp3) is 0. The van der Waals surface area contributed by atoms with Crippen molar-refractivity contribution in [1.29, 1.82) is 0 Å². The molecule has 0 aliphatic carbocycles. The molecule has 0 heterocycles. The molecule has 1 unspecified atom stereocenters. The number of halogens is 1. The molecule has 0 fully saturated rings. The molecule has 9 heteroatoms. The van der Waals surface area contributed by atoms with Gasteiger partial charge in [-0.05, 0) is 24.3 Å². The van der Waals surface area contributed by atoms with E-state index in [4.69, 9.17) is 11.6 Å². The SMILES string of the molecule is O=[N+]([O-])c1ccc(S(=O)c2ccc(Cl)cc2[N+](=O)[O-])cc1. The Hall–Kier alpha value is -2.32. The maximum atomic E-state index is 12.4. The van der Waals surface area contributed by atoms with E-state index in [1.165, 1.54) is 36.4 Å². The lowest BCUT2D eigenvalue weighted by molar-refractivity contribution is -0.387. The summed E-state index contributed by atoms with van der Waals surface area (Å²) in [4.78, 5) is 20.5. The van der Waals surface area contributed by atoms with Gasteiger partial charge in [-0.15, -0.1) is 0 Å². The van der Waals surface area contributed by atoms with E-state index in [9.17, 15) is 24.4 Å². The van der Waals surface area contributed by atoms with E-state index in [2.05, 4.69) is 0 Å². The van der Waals surface area contributed by atoms with E-state index in [0.717, 1.165) is 6.07 Å². The van der Waals surface area contributed by atoms with E-state index < -0.39 is 20.6 Å². The summed E-state index contributed by atoms with van der Waals surface area (Å²) in [5.74, 6) is 0. The molecule has 108 valence electrons. The van der Waals surface area contributed by atoms with Crippen molar-refractivity contribution < 1.29 is 14.1 Å². The van der Waals surface area contributed by atoms with Crippen LogP contribution in [0.3, 0.4) is 0 Å². The molecule has 0 N–H and O–H groups in total. The third kappa shape index (κ3) is 3.23. The zero-order valence-electron chi connectivity index (χ0n) is 10.3. The summed E-state index contributed by atoms with van der Waals surface area (Å²) >= 11 is 5.69. The summed E-state index contributed by atoms with van der Waals surface area (Å²) in [7, 11) is -1.83. The highest BCUT2D eigenvalue weighted by Gasteiger charge is 2.21. The van der Waals surface area contributed by atoms with Crippen LogP contribution < -0.4 is 0 Å². The minimum absolute atomic E-state index is 0.0155. The second-order valence-corrected chi connectivity index (χ2v) is 5.77. The molecule has 0 bridgehead atoms. The Labute approximate surface area is 125 Å². The van der Waals surface area contributed by atoms with Gasteiger partial charge in [-0.3, -0.25) is 20.2 Å². The summed E-state index contributed by atoms with van der Waals surface area (Å²) in [5, 5.41) is 21.7. The van der Waals surface area contributed by atoms with Crippen molar-refractivity contribution in [3.05, 3.63) is 67.7 Å². The van der Waals surface area contributed by atoms with Gasteiger partial charge in [-0.25, -0.2) is 4.21 Å². The predicted octanol–water partition coefficient (Wildman–Crippen LogP) is 3.32. The van der Waals surface area contributed by atoms with Crippen LogP contribution >= 0.6 is 11.6 Å². The highest BCUT2D eigenvalue weighted by molar-refractivity contribution is 7.85. The summed E-state index contributed by atoms with van der Waals surface area (Å²) in [6.45, 7) is 0. The van der Waals surface area contributed by atoms with Crippen LogP contribution in [0.25, 0.3) is 0 Å². The first-order chi connectivity index (χ1) is 9.90. The number of non-ortho nitro benzene ring substituents is 1. The molecule has 1 atom stereocenters. The Balaban J connectivity index is 2.45. The van der Waals surface area contributed by atoms with Gasteiger partial charge in [-0.2, -0.15) is 0 Å². The molecule has 0 saturated carbocycles. The van der Waals surface area contributed by atoms with Gasteiger partial charge in [-0.1, -0.05) is 11.6 Å². The van der Waals surface area contributed by atoms with Crippen LogP contribution in [0, 0.1) is 20.2 Å². The number of hydrogen-bond acceptors (Lipinski definition) is 5. The molecular formula is C12H7ClN2O5S. The second kappa shape index (κ2) is 5.98. The summed E-state index contributed by atoms with van der Waals surface area (Å²) < 4.78 is 12.4. The van der Waals surface area contributed by atoms with Crippen molar-refractivity contribution in [3.8, 4) is 0 Å². The third-order valence-electron chi connectivity index (χ3n) is 2.58. The van der Waals surface area contributed by atoms with E-state index in [1.807, 2.05) is 0 Å². The van der Waals surface area contributed by atoms with Crippen LogP contribution in [0.2, 0.25) is 5.02 Å². The number of rotatable bonds is 4. The molecule has 2 aromatic rings. The number of nitro groups is 2. The molecule has 0 saturated heterocycles. The number of nitrogens with zero attached hydrogens (tertiary/aromatic N) is 2. The van der Waals surface area contributed by atoms with Crippen LogP contribution in [0.15, 0.2) is 52.3 Å². The highest BCUT2D eigenvalue weighted by Crippen LogP contribution is 2.29. The predicted molar refractivity (Wildman–Crippen MR) is 75.9 cm³/mol. The molecule has 0 aromatic heterocycles. The smallest absolute Gasteiger partial charge is 0.258 e. The molecule has 0 amide bonds. The van der Waals surface area contributed by atoms with Crippen molar-refractivity contribution in [3.63, 3.8) is 0 Å². The van der Waals surface area contributed by atoms with Crippen molar-refractivity contribution in [1.82, 2.24) is 0 Å². The van der Waals surface area contributed by atoms with Crippen molar-refractivity contribution in [2.45, 2.75) is 9.79 Å². The quantitative estimate of drug-likeness (QED) is 0.633. The zero-order chi connectivity index (χ0) is 15.6. The molecule has 2 rings (SSSR count). The largest absolute Gasteiger partial charge is 0.287 e.